The molecule has 2 aromatic carbocycles. The van der Waals surface area contributed by atoms with Crippen LogP contribution in [0.3, 0.4) is 0 Å². The van der Waals surface area contributed by atoms with Crippen LogP contribution in [-0.2, 0) is 17.9 Å². The van der Waals surface area contributed by atoms with Gasteiger partial charge in [-0.15, -0.1) is 0 Å². The fourth-order valence-corrected chi connectivity index (χ4v) is 3.65. The molecule has 3 heterocycles. The maximum atomic E-state index is 5.77. The lowest BCUT2D eigenvalue weighted by molar-refractivity contribution is -0.706. The molecular formula is C21H21N2O4+. The molecule has 6 nitrogen and oxygen atoms in total. The lowest BCUT2D eigenvalue weighted by Crippen LogP contribution is -2.45. The van der Waals surface area contributed by atoms with Gasteiger partial charge in [-0.3, -0.25) is 0 Å². The van der Waals surface area contributed by atoms with Crippen molar-refractivity contribution in [2.45, 2.75) is 13.2 Å². The standard InChI is InChI=1S/C21H21N2O4/c1-24-17-5-3-16(4-6-17)23-13-18(22-8-9-25-14-21(22)23)15-2-7-19-20(12-15)27-11-10-26-19/h2-7,12-13H,8-11,14H2,1H3/q+1. The van der Waals surface area contributed by atoms with E-state index in [1.54, 1.807) is 7.11 Å². The van der Waals surface area contributed by atoms with Gasteiger partial charge >= 0.3 is 0 Å². The van der Waals surface area contributed by atoms with Crippen LogP contribution in [0.1, 0.15) is 5.82 Å². The van der Waals surface area contributed by atoms with Crippen LogP contribution in [0, 0.1) is 0 Å². The summed E-state index contributed by atoms with van der Waals surface area (Å²) in [6, 6.07) is 14.2. The van der Waals surface area contributed by atoms with Crippen LogP contribution in [0.4, 0.5) is 0 Å². The monoisotopic (exact) mass is 365 g/mol. The Hall–Kier alpha value is -2.99. The summed E-state index contributed by atoms with van der Waals surface area (Å²) in [6.45, 7) is 3.30. The van der Waals surface area contributed by atoms with E-state index in [9.17, 15) is 0 Å². The molecule has 27 heavy (non-hydrogen) atoms. The Balaban J connectivity index is 1.61. The highest BCUT2D eigenvalue weighted by atomic mass is 16.6. The van der Waals surface area contributed by atoms with E-state index in [1.165, 1.54) is 0 Å². The van der Waals surface area contributed by atoms with Gasteiger partial charge in [0.15, 0.2) is 17.2 Å². The van der Waals surface area contributed by atoms with Crippen molar-refractivity contribution in [1.29, 1.82) is 0 Å². The molecule has 0 saturated carbocycles. The highest BCUT2D eigenvalue weighted by Crippen LogP contribution is 2.34. The summed E-state index contributed by atoms with van der Waals surface area (Å²) >= 11 is 0. The highest BCUT2D eigenvalue weighted by molar-refractivity contribution is 5.62. The Labute approximate surface area is 157 Å². The Kier molecular flexibility index (Phi) is 3.98. The zero-order chi connectivity index (χ0) is 18.2. The first-order valence-corrected chi connectivity index (χ1v) is 9.10. The van der Waals surface area contributed by atoms with Gasteiger partial charge in [-0.2, -0.15) is 4.57 Å². The van der Waals surface area contributed by atoms with Crippen molar-refractivity contribution in [2.75, 3.05) is 26.9 Å². The molecule has 2 aliphatic heterocycles. The number of hydrogen-bond acceptors (Lipinski definition) is 4. The van der Waals surface area contributed by atoms with Crippen LogP contribution >= 0.6 is 0 Å². The predicted octanol–water partition coefficient (Wildman–Crippen LogP) is 2.74. The van der Waals surface area contributed by atoms with Crippen LogP contribution in [0.2, 0.25) is 0 Å². The molecule has 0 saturated heterocycles. The highest BCUT2D eigenvalue weighted by Gasteiger charge is 2.29. The second kappa shape index (κ2) is 6.63. The van der Waals surface area contributed by atoms with Gasteiger partial charge in [-0.1, -0.05) is 0 Å². The molecule has 0 N–H and O–H groups in total. The number of methoxy groups -OCH3 is 1. The SMILES string of the molecule is COc1ccc(-n2cc(-c3ccc4c(c3)OCCO4)[n+]3c2COCC3)cc1. The van der Waals surface area contributed by atoms with E-state index >= 15 is 0 Å². The van der Waals surface area contributed by atoms with E-state index in [1.807, 2.05) is 18.2 Å². The second-order valence-electron chi connectivity index (χ2n) is 6.56. The van der Waals surface area contributed by atoms with Crippen LogP contribution in [0.15, 0.2) is 48.7 Å². The van der Waals surface area contributed by atoms with Crippen LogP contribution in [-0.4, -0.2) is 31.5 Å². The second-order valence-corrected chi connectivity index (χ2v) is 6.56. The molecule has 0 bridgehead atoms. The van der Waals surface area contributed by atoms with E-state index < -0.39 is 0 Å². The Morgan fingerprint density at radius 1 is 0.963 bits per heavy atom. The summed E-state index contributed by atoms with van der Waals surface area (Å²) in [7, 11) is 1.68. The number of ether oxygens (including phenoxy) is 4. The summed E-state index contributed by atoms with van der Waals surface area (Å²) in [5.74, 6) is 3.58. The summed E-state index contributed by atoms with van der Waals surface area (Å²) in [6.07, 6.45) is 2.16. The van der Waals surface area contributed by atoms with Crippen LogP contribution in [0.25, 0.3) is 16.9 Å². The fourth-order valence-electron chi connectivity index (χ4n) is 3.65. The van der Waals surface area contributed by atoms with Gasteiger partial charge in [0, 0.05) is 5.56 Å². The molecule has 0 spiro atoms. The summed E-state index contributed by atoms with van der Waals surface area (Å²) in [5.41, 5.74) is 3.32. The lowest BCUT2D eigenvalue weighted by Gasteiger charge is -2.18. The molecule has 5 rings (SSSR count). The molecule has 6 heteroatoms. The Morgan fingerprint density at radius 2 is 1.78 bits per heavy atom. The zero-order valence-corrected chi connectivity index (χ0v) is 15.2. The molecule has 2 aliphatic rings. The van der Waals surface area contributed by atoms with E-state index in [4.69, 9.17) is 18.9 Å². The number of rotatable bonds is 3. The van der Waals surface area contributed by atoms with Gasteiger partial charge in [0.2, 0.25) is 0 Å². The zero-order valence-electron chi connectivity index (χ0n) is 15.2. The topological polar surface area (TPSA) is 45.7 Å². The van der Waals surface area contributed by atoms with Crippen molar-refractivity contribution in [3.63, 3.8) is 0 Å². The molecule has 0 aliphatic carbocycles. The first-order chi connectivity index (χ1) is 13.3. The quantitative estimate of drug-likeness (QED) is 0.670. The molecule has 0 atom stereocenters. The number of nitrogens with zero attached hydrogens (tertiary/aromatic N) is 2. The average Bonchev–Trinajstić information content (AvgIpc) is 3.13. The van der Waals surface area contributed by atoms with Crippen LogP contribution in [0.5, 0.6) is 17.2 Å². The van der Waals surface area contributed by atoms with Gasteiger partial charge < -0.3 is 18.9 Å². The molecule has 3 aromatic rings. The molecule has 0 amide bonds. The normalized spacial score (nSPS) is 15.3. The van der Waals surface area contributed by atoms with Crippen molar-refractivity contribution in [2.24, 2.45) is 0 Å². The molecule has 0 unspecified atom stereocenters. The third-order valence-corrected chi connectivity index (χ3v) is 5.01. The predicted molar refractivity (Wildman–Crippen MR) is 98.6 cm³/mol. The minimum absolute atomic E-state index is 0.580. The van der Waals surface area contributed by atoms with Crippen molar-refractivity contribution >= 4 is 0 Å². The molecule has 0 radical (unpaired) electrons. The van der Waals surface area contributed by atoms with Gasteiger partial charge in [0.25, 0.3) is 5.82 Å². The first-order valence-electron chi connectivity index (χ1n) is 9.10. The maximum Gasteiger partial charge on any atom is 0.288 e. The van der Waals surface area contributed by atoms with Gasteiger partial charge in [0.05, 0.1) is 13.7 Å². The molecule has 0 fully saturated rings. The summed E-state index contributed by atoms with van der Waals surface area (Å²) < 4.78 is 26.9. The molecule has 138 valence electrons. The molecular weight excluding hydrogens is 344 g/mol. The number of imidazole rings is 1. The Morgan fingerprint density at radius 3 is 2.59 bits per heavy atom. The summed E-state index contributed by atoms with van der Waals surface area (Å²) in [5, 5.41) is 0. The smallest absolute Gasteiger partial charge is 0.288 e. The number of hydrogen-bond donors (Lipinski definition) is 0. The minimum atomic E-state index is 0.580. The van der Waals surface area contributed by atoms with Crippen molar-refractivity contribution in [1.82, 2.24) is 4.57 Å². The van der Waals surface area contributed by atoms with Gasteiger partial charge in [-0.05, 0) is 42.5 Å². The van der Waals surface area contributed by atoms with E-state index in [0.717, 1.165) is 46.6 Å². The largest absolute Gasteiger partial charge is 0.497 e. The number of benzene rings is 2. The fraction of sp³-hybridized carbons (Fsp3) is 0.286. The lowest BCUT2D eigenvalue weighted by atomic mass is 10.1. The maximum absolute atomic E-state index is 5.77. The van der Waals surface area contributed by atoms with Gasteiger partial charge in [0.1, 0.15) is 44.0 Å². The van der Waals surface area contributed by atoms with Crippen molar-refractivity contribution in [3.05, 3.63) is 54.5 Å². The van der Waals surface area contributed by atoms with Crippen molar-refractivity contribution < 1.29 is 23.5 Å². The average molecular weight is 365 g/mol. The van der Waals surface area contributed by atoms with E-state index in [-0.39, 0.29) is 0 Å². The third-order valence-electron chi connectivity index (χ3n) is 5.01. The Bertz CT molecular complexity index is 979. The minimum Gasteiger partial charge on any atom is -0.497 e. The molecule has 1 aromatic heterocycles. The van der Waals surface area contributed by atoms with Gasteiger partial charge in [-0.25, -0.2) is 4.57 Å². The van der Waals surface area contributed by atoms with E-state index in [2.05, 4.69) is 39.6 Å². The van der Waals surface area contributed by atoms with E-state index in [0.29, 0.717) is 26.4 Å². The van der Waals surface area contributed by atoms with Crippen molar-refractivity contribution in [3.8, 4) is 34.2 Å². The first kappa shape index (κ1) is 16.2. The van der Waals surface area contributed by atoms with Crippen LogP contribution < -0.4 is 18.8 Å². The number of aromatic nitrogens is 2. The third kappa shape index (κ3) is 2.82. The summed E-state index contributed by atoms with van der Waals surface area (Å²) in [4.78, 5) is 0. The number of fused-ring (bicyclic) bond motifs is 2.